The predicted octanol–water partition coefficient (Wildman–Crippen LogP) is 3.90. The number of amides is 1. The van der Waals surface area contributed by atoms with Gasteiger partial charge in [-0.05, 0) is 68.8 Å². The summed E-state index contributed by atoms with van der Waals surface area (Å²) in [6, 6.07) is 15.5. The zero-order valence-corrected chi connectivity index (χ0v) is 14.9. The molecule has 0 aliphatic carbocycles. The zero-order valence-electron chi connectivity index (χ0n) is 14.9. The lowest BCUT2D eigenvalue weighted by Gasteiger charge is -2.35. The van der Waals surface area contributed by atoms with E-state index in [-0.39, 0.29) is 5.91 Å². The molecule has 0 bridgehead atoms. The Kier molecular flexibility index (Phi) is 6.34. The number of anilines is 1. The van der Waals surface area contributed by atoms with Crippen LogP contribution in [0.4, 0.5) is 5.69 Å². The zero-order chi connectivity index (χ0) is 18.2. The third-order valence-electron chi connectivity index (χ3n) is 4.79. The van der Waals surface area contributed by atoms with Crippen molar-refractivity contribution in [3.63, 3.8) is 0 Å². The fraction of sp³-hybridized carbons (Fsp3) is 0.381. The Balaban J connectivity index is 1.48. The summed E-state index contributed by atoms with van der Waals surface area (Å²) in [5, 5.41) is 11.7. The van der Waals surface area contributed by atoms with Gasteiger partial charge < -0.3 is 5.32 Å². The Labute approximate surface area is 154 Å². The number of pyridine rings is 1. The average Bonchev–Trinajstić information content (AvgIpc) is 2.69. The first kappa shape index (κ1) is 18.1. The molecule has 1 saturated heterocycles. The fourth-order valence-corrected chi connectivity index (χ4v) is 3.46. The highest BCUT2D eigenvalue weighted by Gasteiger charge is 2.24. The summed E-state index contributed by atoms with van der Waals surface area (Å²) in [4.78, 5) is 19.1. The maximum Gasteiger partial charge on any atom is 0.224 e. The minimum Gasteiger partial charge on any atom is -0.326 e. The number of piperidine rings is 1. The lowest BCUT2D eigenvalue weighted by Crippen LogP contribution is -2.35. The molecule has 1 aromatic carbocycles. The van der Waals surface area contributed by atoms with Gasteiger partial charge in [-0.1, -0.05) is 12.5 Å². The molecule has 5 nitrogen and oxygen atoms in total. The van der Waals surface area contributed by atoms with Crippen LogP contribution in [0, 0.1) is 11.3 Å². The van der Waals surface area contributed by atoms with Crippen LogP contribution in [0.3, 0.4) is 0 Å². The number of aromatic nitrogens is 1. The Morgan fingerprint density at radius 2 is 2.08 bits per heavy atom. The monoisotopic (exact) mass is 348 g/mol. The smallest absolute Gasteiger partial charge is 0.224 e. The van der Waals surface area contributed by atoms with Crippen molar-refractivity contribution in [2.75, 3.05) is 18.4 Å². The van der Waals surface area contributed by atoms with Crippen LogP contribution in [0.25, 0.3) is 0 Å². The second kappa shape index (κ2) is 9.12. The van der Waals surface area contributed by atoms with E-state index in [0.717, 1.165) is 37.3 Å². The van der Waals surface area contributed by atoms with Gasteiger partial charge in [0.2, 0.25) is 5.91 Å². The van der Waals surface area contributed by atoms with E-state index in [4.69, 9.17) is 5.26 Å². The minimum atomic E-state index is 0.0149. The highest BCUT2D eigenvalue weighted by molar-refractivity contribution is 5.90. The SMILES string of the molecule is N#Cc1ccc(NC(=O)CCCN2CCCC[C@@H]2c2ccccn2)cc1. The van der Waals surface area contributed by atoms with Gasteiger partial charge in [-0.25, -0.2) is 0 Å². The van der Waals surface area contributed by atoms with E-state index in [1.807, 2.05) is 18.3 Å². The molecule has 26 heavy (non-hydrogen) atoms. The molecular weight excluding hydrogens is 324 g/mol. The maximum atomic E-state index is 12.2. The number of benzene rings is 1. The van der Waals surface area contributed by atoms with Crippen LogP contribution in [-0.4, -0.2) is 28.9 Å². The van der Waals surface area contributed by atoms with E-state index in [1.165, 1.54) is 12.8 Å². The molecule has 2 heterocycles. The highest BCUT2D eigenvalue weighted by Crippen LogP contribution is 2.29. The van der Waals surface area contributed by atoms with Gasteiger partial charge in [-0.2, -0.15) is 5.26 Å². The Hall–Kier alpha value is -2.71. The van der Waals surface area contributed by atoms with Gasteiger partial charge in [0, 0.05) is 18.3 Å². The number of hydrogen-bond donors (Lipinski definition) is 1. The fourth-order valence-electron chi connectivity index (χ4n) is 3.46. The van der Waals surface area contributed by atoms with Crippen molar-refractivity contribution >= 4 is 11.6 Å². The van der Waals surface area contributed by atoms with E-state index in [0.29, 0.717) is 18.0 Å². The second-order valence-electron chi connectivity index (χ2n) is 6.64. The number of hydrogen-bond acceptors (Lipinski definition) is 4. The van der Waals surface area contributed by atoms with Gasteiger partial charge in [0.15, 0.2) is 0 Å². The van der Waals surface area contributed by atoms with Crippen LogP contribution >= 0.6 is 0 Å². The predicted molar refractivity (Wildman–Crippen MR) is 101 cm³/mol. The standard InChI is InChI=1S/C21H24N4O/c22-16-17-9-11-18(12-10-17)24-21(26)8-5-15-25-14-4-2-7-20(25)19-6-1-3-13-23-19/h1,3,6,9-13,20H,2,4-5,7-8,14-15H2,(H,24,26)/t20-/m1/s1. The minimum absolute atomic E-state index is 0.0149. The number of carbonyl (C=O) groups is 1. The van der Waals surface area contributed by atoms with Gasteiger partial charge in [0.25, 0.3) is 0 Å². The quantitative estimate of drug-likeness (QED) is 0.859. The molecule has 1 aliphatic rings. The summed E-state index contributed by atoms with van der Waals surface area (Å²) < 4.78 is 0. The van der Waals surface area contributed by atoms with E-state index < -0.39 is 0 Å². The van der Waals surface area contributed by atoms with Crippen molar-refractivity contribution in [1.82, 2.24) is 9.88 Å². The van der Waals surface area contributed by atoms with Crippen molar-refractivity contribution in [2.24, 2.45) is 0 Å². The number of nitrogens with zero attached hydrogens (tertiary/aromatic N) is 3. The molecule has 1 aromatic heterocycles. The number of likely N-dealkylation sites (tertiary alicyclic amines) is 1. The molecule has 134 valence electrons. The first-order valence-electron chi connectivity index (χ1n) is 9.21. The van der Waals surface area contributed by atoms with E-state index in [9.17, 15) is 4.79 Å². The van der Waals surface area contributed by atoms with E-state index in [1.54, 1.807) is 24.3 Å². The highest BCUT2D eigenvalue weighted by atomic mass is 16.1. The molecule has 0 unspecified atom stereocenters. The van der Waals surface area contributed by atoms with Gasteiger partial charge in [0.05, 0.1) is 23.4 Å². The average molecular weight is 348 g/mol. The molecule has 0 saturated carbocycles. The van der Waals surface area contributed by atoms with Crippen LogP contribution in [0.1, 0.15) is 49.4 Å². The Morgan fingerprint density at radius 1 is 1.23 bits per heavy atom. The third-order valence-corrected chi connectivity index (χ3v) is 4.79. The van der Waals surface area contributed by atoms with Crippen LogP contribution in [-0.2, 0) is 4.79 Å². The lowest BCUT2D eigenvalue weighted by atomic mass is 9.98. The Bertz CT molecular complexity index is 752. The lowest BCUT2D eigenvalue weighted by molar-refractivity contribution is -0.116. The summed E-state index contributed by atoms with van der Waals surface area (Å²) >= 11 is 0. The molecular formula is C21H24N4O. The van der Waals surface area contributed by atoms with Crippen molar-refractivity contribution in [3.8, 4) is 6.07 Å². The topological polar surface area (TPSA) is 69.0 Å². The molecule has 1 aliphatic heterocycles. The van der Waals surface area contributed by atoms with Crippen molar-refractivity contribution in [1.29, 1.82) is 5.26 Å². The molecule has 3 rings (SSSR count). The van der Waals surface area contributed by atoms with E-state index >= 15 is 0 Å². The summed E-state index contributed by atoms with van der Waals surface area (Å²) in [5.41, 5.74) is 2.46. The third kappa shape index (κ3) is 4.90. The van der Waals surface area contributed by atoms with Crippen LogP contribution in [0.5, 0.6) is 0 Å². The molecule has 1 fully saturated rings. The molecule has 1 atom stereocenters. The van der Waals surface area contributed by atoms with Crippen LogP contribution in [0.15, 0.2) is 48.7 Å². The van der Waals surface area contributed by atoms with Crippen LogP contribution in [0.2, 0.25) is 0 Å². The maximum absolute atomic E-state index is 12.2. The van der Waals surface area contributed by atoms with Crippen molar-refractivity contribution < 1.29 is 4.79 Å². The molecule has 5 heteroatoms. The van der Waals surface area contributed by atoms with Gasteiger partial charge in [0.1, 0.15) is 0 Å². The molecule has 0 radical (unpaired) electrons. The van der Waals surface area contributed by atoms with E-state index in [2.05, 4.69) is 27.3 Å². The molecule has 1 N–H and O–H groups in total. The Morgan fingerprint density at radius 3 is 2.81 bits per heavy atom. The number of nitrogens with one attached hydrogen (secondary N) is 1. The summed E-state index contributed by atoms with van der Waals surface area (Å²) in [7, 11) is 0. The molecule has 0 spiro atoms. The van der Waals surface area contributed by atoms with Crippen molar-refractivity contribution in [3.05, 3.63) is 59.9 Å². The number of nitriles is 1. The number of carbonyl (C=O) groups excluding carboxylic acids is 1. The second-order valence-corrected chi connectivity index (χ2v) is 6.64. The number of rotatable bonds is 6. The largest absolute Gasteiger partial charge is 0.326 e. The summed E-state index contributed by atoms with van der Waals surface area (Å²) in [6.45, 7) is 1.97. The first-order valence-corrected chi connectivity index (χ1v) is 9.21. The summed E-state index contributed by atoms with van der Waals surface area (Å²) in [6.07, 6.45) is 6.75. The van der Waals surface area contributed by atoms with Gasteiger partial charge >= 0.3 is 0 Å². The first-order chi connectivity index (χ1) is 12.8. The summed E-state index contributed by atoms with van der Waals surface area (Å²) in [5.74, 6) is 0.0149. The van der Waals surface area contributed by atoms with Gasteiger partial charge in [-0.3, -0.25) is 14.7 Å². The normalized spacial score (nSPS) is 17.4. The van der Waals surface area contributed by atoms with Gasteiger partial charge in [-0.15, -0.1) is 0 Å². The van der Waals surface area contributed by atoms with Crippen LogP contribution < -0.4 is 5.32 Å². The molecule has 2 aromatic rings. The molecule has 1 amide bonds. The van der Waals surface area contributed by atoms with Crippen molar-refractivity contribution in [2.45, 2.75) is 38.1 Å².